The van der Waals surface area contributed by atoms with E-state index < -0.39 is 0 Å². The van der Waals surface area contributed by atoms with Crippen LogP contribution in [-0.2, 0) is 16.0 Å². The van der Waals surface area contributed by atoms with Crippen molar-refractivity contribution in [2.45, 2.75) is 19.3 Å². The largest absolute Gasteiger partial charge is 0.342 e. The van der Waals surface area contributed by atoms with E-state index in [4.69, 9.17) is 0 Å². The normalized spacial score (nSPS) is 20.5. The lowest BCUT2D eigenvalue weighted by atomic mass is 10.1. The Morgan fingerprint density at radius 2 is 2.09 bits per heavy atom. The summed E-state index contributed by atoms with van der Waals surface area (Å²) in [7, 11) is 4.06. The number of hydrogen-bond acceptors (Lipinski definition) is 3. The molecule has 1 aromatic rings. The summed E-state index contributed by atoms with van der Waals surface area (Å²) in [5.41, 5.74) is 2.25. The summed E-state index contributed by atoms with van der Waals surface area (Å²) in [5, 5.41) is 0. The van der Waals surface area contributed by atoms with E-state index in [1.807, 2.05) is 42.1 Å². The van der Waals surface area contributed by atoms with Gasteiger partial charge in [0, 0.05) is 31.7 Å². The number of rotatable bonds is 5. The van der Waals surface area contributed by atoms with Gasteiger partial charge in [-0.3, -0.25) is 9.59 Å². The maximum atomic E-state index is 12.8. The van der Waals surface area contributed by atoms with Crippen LogP contribution in [0.2, 0.25) is 0 Å². The molecule has 0 spiro atoms. The van der Waals surface area contributed by atoms with Crippen LogP contribution in [0, 0.1) is 5.92 Å². The Hall–Kier alpha value is -1.88. The number of fused-ring (bicyclic) bond motifs is 1. The first kappa shape index (κ1) is 16.0. The SMILES string of the molecule is CN(C)CCCN1CC(C(=O)N2CCc3ccccc32)CC1=O. The average molecular weight is 315 g/mol. The summed E-state index contributed by atoms with van der Waals surface area (Å²) in [4.78, 5) is 30.8. The lowest BCUT2D eigenvalue weighted by Gasteiger charge is -2.22. The zero-order valence-electron chi connectivity index (χ0n) is 14.0. The molecule has 5 nitrogen and oxygen atoms in total. The van der Waals surface area contributed by atoms with Crippen LogP contribution in [0.15, 0.2) is 24.3 Å². The molecule has 3 rings (SSSR count). The zero-order chi connectivity index (χ0) is 16.4. The van der Waals surface area contributed by atoms with E-state index in [2.05, 4.69) is 11.0 Å². The second kappa shape index (κ2) is 6.71. The molecule has 1 atom stereocenters. The highest BCUT2D eigenvalue weighted by atomic mass is 16.2. The molecule has 23 heavy (non-hydrogen) atoms. The third kappa shape index (κ3) is 3.39. The number of carbonyl (C=O) groups is 2. The van der Waals surface area contributed by atoms with Gasteiger partial charge >= 0.3 is 0 Å². The molecule has 1 saturated heterocycles. The van der Waals surface area contributed by atoms with Gasteiger partial charge in [0.15, 0.2) is 0 Å². The van der Waals surface area contributed by atoms with Crippen molar-refractivity contribution in [3.05, 3.63) is 29.8 Å². The topological polar surface area (TPSA) is 43.9 Å². The summed E-state index contributed by atoms with van der Waals surface area (Å²) in [6.07, 6.45) is 2.22. The second-order valence-electron chi connectivity index (χ2n) is 6.77. The van der Waals surface area contributed by atoms with Crippen molar-refractivity contribution in [1.82, 2.24) is 9.80 Å². The number of nitrogens with zero attached hydrogens (tertiary/aromatic N) is 3. The molecule has 2 heterocycles. The van der Waals surface area contributed by atoms with E-state index in [1.165, 1.54) is 5.56 Å². The molecular formula is C18H25N3O2. The molecule has 0 aromatic heterocycles. The number of hydrogen-bond donors (Lipinski definition) is 0. The number of para-hydroxylation sites is 1. The van der Waals surface area contributed by atoms with Crippen molar-refractivity contribution in [2.75, 3.05) is 45.2 Å². The van der Waals surface area contributed by atoms with Gasteiger partial charge in [-0.2, -0.15) is 0 Å². The molecule has 2 aliphatic heterocycles. The van der Waals surface area contributed by atoms with Crippen molar-refractivity contribution < 1.29 is 9.59 Å². The Morgan fingerprint density at radius 3 is 2.87 bits per heavy atom. The van der Waals surface area contributed by atoms with Crippen molar-refractivity contribution in [1.29, 1.82) is 0 Å². The van der Waals surface area contributed by atoms with Gasteiger partial charge in [-0.25, -0.2) is 0 Å². The van der Waals surface area contributed by atoms with Crippen molar-refractivity contribution >= 4 is 17.5 Å². The molecule has 124 valence electrons. The van der Waals surface area contributed by atoms with E-state index in [9.17, 15) is 9.59 Å². The number of carbonyl (C=O) groups excluding carboxylic acids is 2. The smallest absolute Gasteiger partial charge is 0.232 e. The molecule has 0 radical (unpaired) electrons. The van der Waals surface area contributed by atoms with Crippen LogP contribution in [0.3, 0.4) is 0 Å². The summed E-state index contributed by atoms with van der Waals surface area (Å²) in [5.74, 6) is 0.0426. The Labute approximate surface area is 137 Å². The van der Waals surface area contributed by atoms with E-state index >= 15 is 0 Å². The van der Waals surface area contributed by atoms with Gasteiger partial charge in [0.1, 0.15) is 0 Å². The molecule has 0 aliphatic carbocycles. The van der Waals surface area contributed by atoms with Gasteiger partial charge in [-0.15, -0.1) is 0 Å². The van der Waals surface area contributed by atoms with E-state index in [-0.39, 0.29) is 17.7 Å². The lowest BCUT2D eigenvalue weighted by Crippen LogP contribution is -2.36. The van der Waals surface area contributed by atoms with Gasteiger partial charge in [0.25, 0.3) is 0 Å². The molecule has 1 aromatic carbocycles. The van der Waals surface area contributed by atoms with E-state index in [0.29, 0.717) is 13.0 Å². The van der Waals surface area contributed by atoms with Crippen molar-refractivity contribution in [3.8, 4) is 0 Å². The van der Waals surface area contributed by atoms with Crippen LogP contribution in [0.25, 0.3) is 0 Å². The number of benzene rings is 1. The highest BCUT2D eigenvalue weighted by Gasteiger charge is 2.38. The summed E-state index contributed by atoms with van der Waals surface area (Å²) in [6.45, 7) is 3.02. The van der Waals surface area contributed by atoms with Crippen molar-refractivity contribution in [3.63, 3.8) is 0 Å². The van der Waals surface area contributed by atoms with Crippen LogP contribution in [0.4, 0.5) is 5.69 Å². The first-order valence-electron chi connectivity index (χ1n) is 8.38. The standard InChI is InChI=1S/C18H25N3O2/c1-19(2)9-5-10-20-13-15(12-17(20)22)18(23)21-11-8-14-6-3-4-7-16(14)21/h3-4,6-7,15H,5,8-13H2,1-2H3. The minimum atomic E-state index is -0.187. The molecule has 0 saturated carbocycles. The Kier molecular flexibility index (Phi) is 4.66. The second-order valence-corrected chi connectivity index (χ2v) is 6.77. The quantitative estimate of drug-likeness (QED) is 0.824. The summed E-state index contributed by atoms with van der Waals surface area (Å²) in [6, 6.07) is 8.07. The Balaban J connectivity index is 1.60. The Bertz CT molecular complexity index is 600. The molecule has 1 fully saturated rings. The van der Waals surface area contributed by atoms with Gasteiger partial charge in [0.2, 0.25) is 11.8 Å². The predicted octanol–water partition coefficient (Wildman–Crippen LogP) is 1.38. The lowest BCUT2D eigenvalue weighted by molar-refractivity contribution is -0.128. The van der Waals surface area contributed by atoms with Crippen LogP contribution in [-0.4, -0.2) is 61.9 Å². The summed E-state index contributed by atoms with van der Waals surface area (Å²) < 4.78 is 0. The van der Waals surface area contributed by atoms with Crippen LogP contribution in [0.5, 0.6) is 0 Å². The summed E-state index contributed by atoms with van der Waals surface area (Å²) >= 11 is 0. The molecule has 0 bridgehead atoms. The number of likely N-dealkylation sites (tertiary alicyclic amines) is 1. The van der Waals surface area contributed by atoms with Crippen LogP contribution in [0.1, 0.15) is 18.4 Å². The molecule has 5 heteroatoms. The first-order valence-corrected chi connectivity index (χ1v) is 8.38. The Morgan fingerprint density at radius 1 is 1.30 bits per heavy atom. The van der Waals surface area contributed by atoms with Gasteiger partial charge in [-0.1, -0.05) is 18.2 Å². The van der Waals surface area contributed by atoms with Gasteiger partial charge in [0.05, 0.1) is 5.92 Å². The fourth-order valence-electron chi connectivity index (χ4n) is 3.52. The monoisotopic (exact) mass is 315 g/mol. The predicted molar refractivity (Wildman–Crippen MR) is 90.4 cm³/mol. The minimum absolute atomic E-state index is 0.110. The fourth-order valence-corrected chi connectivity index (χ4v) is 3.52. The van der Waals surface area contributed by atoms with Crippen molar-refractivity contribution in [2.24, 2.45) is 5.92 Å². The van der Waals surface area contributed by atoms with Crippen LogP contribution >= 0.6 is 0 Å². The number of amides is 2. The third-order valence-corrected chi connectivity index (χ3v) is 4.75. The molecular weight excluding hydrogens is 290 g/mol. The minimum Gasteiger partial charge on any atom is -0.342 e. The first-order chi connectivity index (χ1) is 11.1. The van der Waals surface area contributed by atoms with E-state index in [1.54, 1.807) is 0 Å². The highest BCUT2D eigenvalue weighted by molar-refractivity contribution is 6.00. The maximum absolute atomic E-state index is 12.8. The van der Waals surface area contributed by atoms with Crippen LogP contribution < -0.4 is 4.90 Å². The highest BCUT2D eigenvalue weighted by Crippen LogP contribution is 2.31. The maximum Gasteiger partial charge on any atom is 0.232 e. The molecule has 2 amide bonds. The van der Waals surface area contributed by atoms with E-state index in [0.717, 1.165) is 38.2 Å². The zero-order valence-corrected chi connectivity index (χ0v) is 14.0. The van der Waals surface area contributed by atoms with Gasteiger partial charge in [-0.05, 0) is 45.1 Å². The average Bonchev–Trinajstić information content (AvgIpc) is 3.10. The van der Waals surface area contributed by atoms with Gasteiger partial charge < -0.3 is 14.7 Å². The fraction of sp³-hybridized carbons (Fsp3) is 0.556. The molecule has 2 aliphatic rings. The third-order valence-electron chi connectivity index (χ3n) is 4.75. The number of anilines is 1. The molecule has 0 N–H and O–H groups in total. The molecule has 1 unspecified atom stereocenters.